The van der Waals surface area contributed by atoms with Gasteiger partial charge in [0.2, 0.25) is 0 Å². The van der Waals surface area contributed by atoms with Crippen LogP contribution in [0.25, 0.3) is 6.08 Å². The van der Waals surface area contributed by atoms with Gasteiger partial charge in [-0.25, -0.2) is 4.79 Å². The Morgan fingerprint density at radius 3 is 2.86 bits per heavy atom. The predicted molar refractivity (Wildman–Crippen MR) is 81.2 cm³/mol. The number of hydrogen-bond donors (Lipinski definition) is 2. The van der Waals surface area contributed by atoms with E-state index in [-0.39, 0.29) is 5.91 Å². The van der Waals surface area contributed by atoms with E-state index >= 15 is 0 Å². The lowest BCUT2D eigenvalue weighted by molar-refractivity contribution is -0.131. The third-order valence-corrected chi connectivity index (χ3v) is 2.67. The fraction of sp³-hybridized carbons (Fsp3) is 0.375. The number of benzene rings is 1. The first-order valence-corrected chi connectivity index (χ1v) is 7.00. The summed E-state index contributed by atoms with van der Waals surface area (Å²) in [5, 5.41) is 11.4. The topological polar surface area (TPSA) is 75.6 Å². The molecule has 0 unspecified atom stereocenters. The maximum Gasteiger partial charge on any atom is 0.328 e. The van der Waals surface area contributed by atoms with Gasteiger partial charge in [0.1, 0.15) is 0 Å². The van der Waals surface area contributed by atoms with Crippen LogP contribution in [-0.4, -0.2) is 36.7 Å². The highest BCUT2D eigenvalue weighted by Gasteiger charge is 2.04. The molecule has 0 heterocycles. The van der Waals surface area contributed by atoms with Crippen LogP contribution in [0.1, 0.15) is 35.7 Å². The molecule has 0 aliphatic carbocycles. The molecule has 0 atom stereocenters. The number of rotatable bonds is 9. The van der Waals surface area contributed by atoms with Crippen molar-refractivity contribution in [1.29, 1.82) is 0 Å². The maximum atomic E-state index is 11.9. The van der Waals surface area contributed by atoms with Crippen LogP contribution in [0.3, 0.4) is 0 Å². The first-order chi connectivity index (χ1) is 10.1. The molecule has 1 amide bonds. The van der Waals surface area contributed by atoms with Gasteiger partial charge in [0, 0.05) is 31.4 Å². The van der Waals surface area contributed by atoms with Gasteiger partial charge in [-0.1, -0.05) is 19.1 Å². The van der Waals surface area contributed by atoms with E-state index in [9.17, 15) is 9.59 Å². The number of amides is 1. The molecule has 0 spiro atoms. The monoisotopic (exact) mass is 291 g/mol. The summed E-state index contributed by atoms with van der Waals surface area (Å²) in [5.74, 6) is -1.19. The molecule has 0 fully saturated rings. The fourth-order valence-electron chi connectivity index (χ4n) is 1.68. The molecular weight excluding hydrogens is 270 g/mol. The summed E-state index contributed by atoms with van der Waals surface area (Å²) in [6, 6.07) is 6.82. The second kappa shape index (κ2) is 9.72. The Morgan fingerprint density at radius 2 is 2.14 bits per heavy atom. The van der Waals surface area contributed by atoms with Crippen molar-refractivity contribution >= 4 is 18.0 Å². The van der Waals surface area contributed by atoms with Gasteiger partial charge in [0.15, 0.2) is 0 Å². The van der Waals surface area contributed by atoms with Gasteiger partial charge < -0.3 is 15.2 Å². The van der Waals surface area contributed by atoms with Crippen molar-refractivity contribution in [2.45, 2.75) is 19.8 Å². The van der Waals surface area contributed by atoms with Crippen molar-refractivity contribution in [3.8, 4) is 0 Å². The molecule has 1 rings (SSSR count). The van der Waals surface area contributed by atoms with E-state index in [4.69, 9.17) is 9.84 Å². The number of nitrogens with one attached hydrogen (secondary N) is 1. The van der Waals surface area contributed by atoms with E-state index in [2.05, 4.69) is 5.32 Å². The smallest absolute Gasteiger partial charge is 0.328 e. The molecule has 0 bridgehead atoms. The minimum Gasteiger partial charge on any atom is -0.478 e. The normalized spacial score (nSPS) is 10.7. The number of ether oxygens (including phenoxy) is 1. The quantitative estimate of drug-likeness (QED) is 0.541. The molecule has 5 heteroatoms. The molecule has 114 valence electrons. The summed E-state index contributed by atoms with van der Waals surface area (Å²) in [5.41, 5.74) is 1.19. The van der Waals surface area contributed by atoms with Crippen molar-refractivity contribution in [3.05, 3.63) is 41.5 Å². The summed E-state index contributed by atoms with van der Waals surface area (Å²) in [6.07, 6.45) is 4.26. The first-order valence-electron chi connectivity index (χ1n) is 7.00. The highest BCUT2D eigenvalue weighted by Crippen LogP contribution is 2.07. The van der Waals surface area contributed by atoms with Gasteiger partial charge in [-0.2, -0.15) is 0 Å². The number of carboxylic acids is 1. The third-order valence-electron chi connectivity index (χ3n) is 2.67. The average Bonchev–Trinajstić information content (AvgIpc) is 2.48. The van der Waals surface area contributed by atoms with Crippen molar-refractivity contribution < 1.29 is 19.4 Å². The van der Waals surface area contributed by atoms with Crippen LogP contribution in [0.4, 0.5) is 0 Å². The minimum atomic E-state index is -1.02. The van der Waals surface area contributed by atoms with Gasteiger partial charge in [0.05, 0.1) is 0 Å². The van der Waals surface area contributed by atoms with Crippen LogP contribution in [0, 0.1) is 0 Å². The zero-order valence-electron chi connectivity index (χ0n) is 12.2. The van der Waals surface area contributed by atoms with E-state index in [1.54, 1.807) is 24.3 Å². The predicted octanol–water partition coefficient (Wildman–Crippen LogP) is 2.33. The van der Waals surface area contributed by atoms with Crippen LogP contribution in [0.15, 0.2) is 30.3 Å². The molecule has 21 heavy (non-hydrogen) atoms. The van der Waals surface area contributed by atoms with Crippen molar-refractivity contribution in [2.75, 3.05) is 19.8 Å². The third kappa shape index (κ3) is 7.27. The fourth-order valence-corrected chi connectivity index (χ4v) is 1.68. The molecular formula is C16H21NO4. The average molecular weight is 291 g/mol. The molecule has 5 nitrogen and oxygen atoms in total. The van der Waals surface area contributed by atoms with Crippen molar-refractivity contribution in [1.82, 2.24) is 5.32 Å². The number of carboxylic acid groups (broad SMARTS) is 1. The van der Waals surface area contributed by atoms with E-state index in [1.807, 2.05) is 6.92 Å². The van der Waals surface area contributed by atoms with Crippen LogP contribution in [0.5, 0.6) is 0 Å². The lowest BCUT2D eigenvalue weighted by Crippen LogP contribution is -2.25. The van der Waals surface area contributed by atoms with Crippen LogP contribution < -0.4 is 5.32 Å². The van der Waals surface area contributed by atoms with E-state index in [0.29, 0.717) is 24.3 Å². The van der Waals surface area contributed by atoms with Gasteiger partial charge in [0.25, 0.3) is 5.91 Å². The summed E-state index contributed by atoms with van der Waals surface area (Å²) in [4.78, 5) is 22.4. The highest BCUT2D eigenvalue weighted by atomic mass is 16.5. The largest absolute Gasteiger partial charge is 0.478 e. The SMILES string of the molecule is CCCOCCCNC(=O)c1cccc(/C=C/C(=O)O)c1. The van der Waals surface area contributed by atoms with Gasteiger partial charge in [-0.05, 0) is 36.6 Å². The number of hydrogen-bond acceptors (Lipinski definition) is 3. The van der Waals surface area contributed by atoms with Crippen LogP contribution in [0.2, 0.25) is 0 Å². The molecule has 0 aliphatic heterocycles. The Kier molecular flexibility index (Phi) is 7.82. The van der Waals surface area contributed by atoms with Crippen molar-refractivity contribution in [3.63, 3.8) is 0 Å². The van der Waals surface area contributed by atoms with E-state index in [0.717, 1.165) is 25.5 Å². The first kappa shape index (κ1) is 16.9. The summed E-state index contributed by atoms with van der Waals surface area (Å²) in [6.45, 7) is 3.98. The van der Waals surface area contributed by atoms with Gasteiger partial charge >= 0.3 is 5.97 Å². The summed E-state index contributed by atoms with van der Waals surface area (Å²) < 4.78 is 5.33. The maximum absolute atomic E-state index is 11.9. The zero-order chi connectivity index (χ0) is 15.5. The Hall–Kier alpha value is -2.14. The summed E-state index contributed by atoms with van der Waals surface area (Å²) in [7, 11) is 0. The molecule has 0 saturated carbocycles. The Bertz CT molecular complexity index is 497. The lowest BCUT2D eigenvalue weighted by Gasteiger charge is -2.06. The Labute approximate surface area is 124 Å². The molecule has 1 aromatic carbocycles. The standard InChI is InChI=1S/C16H21NO4/c1-2-10-21-11-4-9-17-16(20)14-6-3-5-13(12-14)7-8-15(18)19/h3,5-8,12H,2,4,9-11H2,1H3,(H,17,20)(H,18,19)/b8-7+. The second-order valence-electron chi connectivity index (χ2n) is 4.52. The molecule has 0 radical (unpaired) electrons. The molecule has 1 aromatic rings. The highest BCUT2D eigenvalue weighted by molar-refractivity contribution is 5.95. The Balaban J connectivity index is 2.43. The minimum absolute atomic E-state index is 0.170. The van der Waals surface area contributed by atoms with Gasteiger partial charge in [-0.15, -0.1) is 0 Å². The summed E-state index contributed by atoms with van der Waals surface area (Å²) >= 11 is 0. The van der Waals surface area contributed by atoms with Crippen LogP contribution in [-0.2, 0) is 9.53 Å². The molecule has 0 aromatic heterocycles. The van der Waals surface area contributed by atoms with E-state index < -0.39 is 5.97 Å². The van der Waals surface area contributed by atoms with Gasteiger partial charge in [-0.3, -0.25) is 4.79 Å². The number of carbonyl (C=O) groups is 2. The van der Waals surface area contributed by atoms with Crippen LogP contribution >= 0.6 is 0 Å². The molecule has 2 N–H and O–H groups in total. The van der Waals surface area contributed by atoms with E-state index in [1.165, 1.54) is 6.08 Å². The second-order valence-corrected chi connectivity index (χ2v) is 4.52. The number of carbonyl (C=O) groups excluding carboxylic acids is 1. The molecule has 0 saturated heterocycles. The number of aliphatic carboxylic acids is 1. The molecule has 0 aliphatic rings. The lowest BCUT2D eigenvalue weighted by atomic mass is 10.1. The zero-order valence-corrected chi connectivity index (χ0v) is 12.2. The van der Waals surface area contributed by atoms with Crippen molar-refractivity contribution in [2.24, 2.45) is 0 Å². The Morgan fingerprint density at radius 1 is 1.33 bits per heavy atom.